The van der Waals surface area contributed by atoms with Crippen molar-refractivity contribution in [2.45, 2.75) is 25.3 Å². The second-order valence-electron chi connectivity index (χ2n) is 1.22. The molecule has 0 rings (SSSR count). The van der Waals surface area contributed by atoms with Crippen LogP contribution in [0, 0.1) is 0 Å². The van der Waals surface area contributed by atoms with E-state index in [1.165, 1.54) is 0 Å². The summed E-state index contributed by atoms with van der Waals surface area (Å²) in [6.07, 6.45) is 1.65. The second-order valence-corrected chi connectivity index (χ2v) is 1.73. The normalized spacial score (nSPS) is 12.4. The van der Waals surface area contributed by atoms with E-state index < -0.39 is 5.56 Å². The zero-order valence-electron chi connectivity index (χ0n) is 3.82. The van der Waals surface area contributed by atoms with Crippen LogP contribution in [0.1, 0.15) is 19.8 Å². The molecule has 0 heterocycles. The average molecular weight is 133 g/mol. The van der Waals surface area contributed by atoms with Crippen molar-refractivity contribution in [3.8, 4) is 0 Å². The zero-order valence-corrected chi connectivity index (χ0v) is 4.57. The van der Waals surface area contributed by atoms with Crippen LogP contribution in [0.3, 0.4) is 0 Å². The van der Waals surface area contributed by atoms with E-state index in [1.54, 1.807) is 0 Å². The molecule has 0 fully saturated rings. The van der Waals surface area contributed by atoms with Crippen LogP contribution in [0.25, 0.3) is 0 Å². The molecule has 0 bridgehead atoms. The van der Waals surface area contributed by atoms with Crippen LogP contribution >= 0.6 is 11.6 Å². The van der Waals surface area contributed by atoms with Gasteiger partial charge in [-0.2, -0.15) is 0 Å². The van der Waals surface area contributed by atoms with Crippen molar-refractivity contribution in [2.75, 3.05) is 0 Å². The summed E-state index contributed by atoms with van der Waals surface area (Å²) < 4.78 is 0. The Labute approximate surface area is 71.3 Å². The van der Waals surface area contributed by atoms with Gasteiger partial charge in [0.15, 0.2) is 0 Å². The number of aliphatic hydroxyl groups excluding tert-OH is 1. The number of alkyl halides is 1. The summed E-state index contributed by atoms with van der Waals surface area (Å²) in [5.74, 6) is 0. The van der Waals surface area contributed by atoms with E-state index in [4.69, 9.17) is 16.7 Å². The van der Waals surface area contributed by atoms with Gasteiger partial charge in [0, 0.05) is 0 Å². The van der Waals surface area contributed by atoms with Gasteiger partial charge < -0.3 is 5.11 Å². The molecule has 0 aromatic carbocycles. The Balaban J connectivity index is 0. The Bertz CT molecular complexity index is 32.9. The fourth-order valence-corrected chi connectivity index (χ4v) is 0.456. The van der Waals surface area contributed by atoms with Gasteiger partial charge in [0.2, 0.25) is 0 Å². The number of hydrogen-bond donors (Lipinski definition) is 1. The quantitative estimate of drug-likeness (QED) is 0.433. The van der Waals surface area contributed by atoms with Crippen LogP contribution in [-0.2, 0) is 0 Å². The second kappa shape index (κ2) is 7.25. The Kier molecular flexibility index (Phi) is 11.5. The van der Waals surface area contributed by atoms with E-state index in [1.807, 2.05) is 6.92 Å². The molecule has 1 unspecified atom stereocenters. The van der Waals surface area contributed by atoms with E-state index in [9.17, 15) is 0 Å². The van der Waals surface area contributed by atoms with Crippen LogP contribution in [0.2, 0.25) is 0 Å². The Morgan fingerprint density at radius 1 is 1.71 bits per heavy atom. The van der Waals surface area contributed by atoms with Gasteiger partial charge in [-0.15, -0.1) is 0 Å². The molecule has 0 saturated heterocycles. The number of hydrogen-bond acceptors (Lipinski definition) is 1. The van der Waals surface area contributed by atoms with Crippen LogP contribution in [0.4, 0.5) is 0 Å². The van der Waals surface area contributed by atoms with Gasteiger partial charge in [-0.3, -0.25) is 0 Å². The fraction of sp³-hybridized carbons (Fsp3) is 1.00. The van der Waals surface area contributed by atoms with E-state index in [2.05, 4.69) is 0 Å². The first-order valence-corrected chi connectivity index (χ1v) is 2.53. The van der Waals surface area contributed by atoms with Gasteiger partial charge in [0.1, 0.15) is 5.56 Å². The van der Waals surface area contributed by atoms with Crippen LogP contribution in [0.5, 0.6) is 0 Å². The predicted octanol–water partition coefficient (Wildman–Crippen LogP) is 0.695. The molecule has 40 valence electrons. The molecule has 3 heteroatoms. The summed E-state index contributed by atoms with van der Waals surface area (Å²) in [6, 6.07) is 0. The third kappa shape index (κ3) is 11.1. The van der Waals surface area contributed by atoms with Gasteiger partial charge in [-0.05, 0) is 6.42 Å². The first-order chi connectivity index (χ1) is 2.77. The van der Waals surface area contributed by atoms with E-state index in [0.29, 0.717) is 6.42 Å². The van der Waals surface area contributed by atoms with Crippen LogP contribution in [-0.4, -0.2) is 40.2 Å². The summed E-state index contributed by atoms with van der Waals surface area (Å²) in [4.78, 5) is 0. The topological polar surface area (TPSA) is 20.2 Å². The summed E-state index contributed by atoms with van der Waals surface area (Å²) in [5.41, 5.74) is -0.630. The average Bonchev–Trinajstić information content (AvgIpc) is 1.35. The molecule has 0 aromatic rings. The fourth-order valence-electron chi connectivity index (χ4n) is 0.238. The van der Waals surface area contributed by atoms with Gasteiger partial charge in [0.25, 0.3) is 0 Å². The molecule has 0 radical (unpaired) electrons. The van der Waals surface area contributed by atoms with E-state index >= 15 is 0 Å². The predicted molar refractivity (Wildman–Crippen MR) is 33.9 cm³/mol. The van der Waals surface area contributed by atoms with Crippen LogP contribution < -0.4 is 0 Å². The first kappa shape index (κ1) is 11.1. The minimum absolute atomic E-state index is 0. The van der Waals surface area contributed by atoms with Gasteiger partial charge >= 0.3 is 29.6 Å². The number of rotatable bonds is 2. The maximum absolute atomic E-state index is 8.32. The Morgan fingerprint density at radius 2 is 2.14 bits per heavy atom. The van der Waals surface area contributed by atoms with Crippen molar-refractivity contribution >= 4 is 41.2 Å². The summed E-state index contributed by atoms with van der Waals surface area (Å²) in [7, 11) is 0. The third-order valence-electron chi connectivity index (χ3n) is 0.527. The zero-order chi connectivity index (χ0) is 4.99. The van der Waals surface area contributed by atoms with Gasteiger partial charge in [-0.25, -0.2) is 0 Å². The Hall–Kier alpha value is 1.25. The van der Waals surface area contributed by atoms with Crippen molar-refractivity contribution in [1.29, 1.82) is 0 Å². The summed E-state index contributed by atoms with van der Waals surface area (Å²) in [5, 5.41) is 8.32. The molecule has 0 aliphatic rings. The summed E-state index contributed by atoms with van der Waals surface area (Å²) in [6.45, 7) is 1.98. The van der Waals surface area contributed by atoms with Crippen molar-refractivity contribution < 1.29 is 5.11 Å². The molecular weight excluding hydrogens is 122 g/mol. The number of halogens is 1. The molecule has 0 spiro atoms. The van der Waals surface area contributed by atoms with Crippen molar-refractivity contribution in [1.82, 2.24) is 0 Å². The monoisotopic (exact) mass is 132 g/mol. The molecule has 0 aliphatic heterocycles. The van der Waals surface area contributed by atoms with Crippen molar-refractivity contribution in [3.05, 3.63) is 0 Å². The third-order valence-corrected chi connectivity index (χ3v) is 0.745. The molecule has 1 N–H and O–H groups in total. The van der Waals surface area contributed by atoms with E-state index in [0.717, 1.165) is 6.42 Å². The minimum atomic E-state index is -0.630. The summed E-state index contributed by atoms with van der Waals surface area (Å²) >= 11 is 5.13. The number of aliphatic hydroxyl groups is 1. The molecule has 1 nitrogen and oxygen atoms in total. The SMILES string of the molecule is CCCC(O)Cl.[NaH]. The van der Waals surface area contributed by atoms with E-state index in [-0.39, 0.29) is 29.6 Å². The van der Waals surface area contributed by atoms with Gasteiger partial charge in [0.05, 0.1) is 0 Å². The van der Waals surface area contributed by atoms with Crippen LogP contribution in [0.15, 0.2) is 0 Å². The standard InChI is InChI=1S/C4H9ClO.Na.H/c1-2-3-4(5)6;;/h4,6H,2-3H2,1H3;;. The van der Waals surface area contributed by atoms with Crippen molar-refractivity contribution in [3.63, 3.8) is 0 Å². The Morgan fingerprint density at radius 3 is 2.14 bits per heavy atom. The van der Waals surface area contributed by atoms with Gasteiger partial charge in [-0.1, -0.05) is 24.9 Å². The maximum atomic E-state index is 8.32. The molecule has 0 aromatic heterocycles. The molecule has 1 atom stereocenters. The molecule has 0 aliphatic carbocycles. The molecular formula is C4H10ClNaO. The molecule has 0 saturated carbocycles. The molecule has 0 amide bonds. The first-order valence-electron chi connectivity index (χ1n) is 2.09. The molecule has 7 heavy (non-hydrogen) atoms. The van der Waals surface area contributed by atoms with Crippen molar-refractivity contribution in [2.24, 2.45) is 0 Å².